The highest BCUT2D eigenvalue weighted by Gasteiger charge is 2.08. The van der Waals surface area contributed by atoms with E-state index in [1.807, 2.05) is 55.5 Å². The van der Waals surface area contributed by atoms with Crippen molar-refractivity contribution in [2.24, 2.45) is 5.10 Å². The van der Waals surface area contributed by atoms with Gasteiger partial charge in [-0.3, -0.25) is 0 Å². The second kappa shape index (κ2) is 6.58. The van der Waals surface area contributed by atoms with Crippen LogP contribution in [0.25, 0.3) is 11.4 Å². The highest BCUT2D eigenvalue weighted by molar-refractivity contribution is 7.71. The normalized spacial score (nSPS) is 11.0. The van der Waals surface area contributed by atoms with Crippen LogP contribution in [0.1, 0.15) is 11.1 Å². The Morgan fingerprint density at radius 1 is 1.17 bits per heavy atom. The molecule has 0 fully saturated rings. The number of H-pyrrole nitrogens is 1. The number of aromatic amines is 1. The number of nitrogens with zero attached hydrogens (tertiary/aromatic N) is 3. The minimum atomic E-state index is 0.437. The monoisotopic (exact) mass is 324 g/mol. The summed E-state index contributed by atoms with van der Waals surface area (Å²) < 4.78 is 7.36. The maximum Gasteiger partial charge on any atom is 0.216 e. The van der Waals surface area contributed by atoms with Crippen LogP contribution >= 0.6 is 12.2 Å². The summed E-state index contributed by atoms with van der Waals surface area (Å²) in [5.41, 5.74) is 3.00. The van der Waals surface area contributed by atoms with E-state index >= 15 is 0 Å². The zero-order valence-electron chi connectivity index (χ0n) is 12.9. The number of nitrogens with one attached hydrogen (secondary N) is 1. The third-order valence-corrected chi connectivity index (χ3v) is 3.68. The first kappa shape index (κ1) is 15.2. The standard InChI is InChI=1S/C17H16N4OS/c1-12-7-9-13(10-8-12)16-19-20-17(23)21(16)18-11-14-5-3-4-6-15(14)22-2/h3-11H,1-2H3,(H,20,23)/b18-11-. The van der Waals surface area contributed by atoms with Crippen molar-refractivity contribution in [2.75, 3.05) is 7.11 Å². The van der Waals surface area contributed by atoms with Gasteiger partial charge in [-0.05, 0) is 31.3 Å². The Morgan fingerprint density at radius 3 is 2.65 bits per heavy atom. The molecule has 1 N–H and O–H groups in total. The lowest BCUT2D eigenvalue weighted by Crippen LogP contribution is -1.96. The Kier molecular flexibility index (Phi) is 4.34. The lowest BCUT2D eigenvalue weighted by molar-refractivity contribution is 0.414. The first-order chi connectivity index (χ1) is 11.2. The van der Waals surface area contributed by atoms with Gasteiger partial charge in [-0.25, -0.2) is 5.10 Å². The minimum Gasteiger partial charge on any atom is -0.496 e. The number of para-hydroxylation sites is 1. The topological polar surface area (TPSA) is 55.2 Å². The largest absolute Gasteiger partial charge is 0.496 e. The van der Waals surface area contributed by atoms with Crippen molar-refractivity contribution in [1.82, 2.24) is 14.9 Å². The third-order valence-electron chi connectivity index (χ3n) is 3.41. The quantitative estimate of drug-likeness (QED) is 0.586. The SMILES string of the molecule is COc1ccccc1/C=N\n1c(-c2ccc(C)cc2)n[nH]c1=S. The minimum absolute atomic E-state index is 0.437. The first-order valence-corrected chi connectivity index (χ1v) is 7.51. The van der Waals surface area contributed by atoms with Crippen LogP contribution < -0.4 is 4.74 Å². The molecule has 0 aliphatic heterocycles. The van der Waals surface area contributed by atoms with Gasteiger partial charge in [-0.2, -0.15) is 14.9 Å². The van der Waals surface area contributed by atoms with E-state index in [0.717, 1.165) is 16.9 Å². The van der Waals surface area contributed by atoms with Gasteiger partial charge < -0.3 is 4.74 Å². The van der Waals surface area contributed by atoms with E-state index in [9.17, 15) is 0 Å². The van der Waals surface area contributed by atoms with Gasteiger partial charge in [0.2, 0.25) is 4.77 Å². The van der Waals surface area contributed by atoms with E-state index in [4.69, 9.17) is 17.0 Å². The van der Waals surface area contributed by atoms with Gasteiger partial charge in [0.05, 0.1) is 13.3 Å². The molecule has 116 valence electrons. The molecule has 0 amide bonds. The van der Waals surface area contributed by atoms with Crippen molar-refractivity contribution in [3.05, 3.63) is 64.4 Å². The Morgan fingerprint density at radius 2 is 1.91 bits per heavy atom. The molecule has 3 rings (SSSR count). The molecular formula is C17H16N4OS. The van der Waals surface area contributed by atoms with Gasteiger partial charge in [0.15, 0.2) is 5.82 Å². The van der Waals surface area contributed by atoms with Crippen molar-refractivity contribution < 1.29 is 4.74 Å². The fraction of sp³-hybridized carbons (Fsp3) is 0.118. The molecule has 23 heavy (non-hydrogen) atoms. The van der Waals surface area contributed by atoms with Crippen molar-refractivity contribution in [3.8, 4) is 17.1 Å². The highest BCUT2D eigenvalue weighted by atomic mass is 32.1. The predicted octanol–water partition coefficient (Wildman–Crippen LogP) is 3.81. The number of methoxy groups -OCH3 is 1. The molecule has 3 aromatic rings. The summed E-state index contributed by atoms with van der Waals surface area (Å²) in [6.07, 6.45) is 1.71. The average molecular weight is 324 g/mol. The zero-order chi connectivity index (χ0) is 16.2. The smallest absolute Gasteiger partial charge is 0.216 e. The molecule has 6 heteroatoms. The fourth-order valence-corrected chi connectivity index (χ4v) is 2.36. The number of hydrogen-bond acceptors (Lipinski definition) is 4. The fourth-order valence-electron chi connectivity index (χ4n) is 2.18. The van der Waals surface area contributed by atoms with Gasteiger partial charge in [-0.1, -0.05) is 42.0 Å². The van der Waals surface area contributed by atoms with Gasteiger partial charge in [0.25, 0.3) is 0 Å². The molecule has 0 aliphatic carbocycles. The van der Waals surface area contributed by atoms with E-state index in [1.54, 1.807) is 18.0 Å². The molecule has 0 bridgehead atoms. The molecule has 0 radical (unpaired) electrons. The molecule has 0 aliphatic rings. The summed E-state index contributed by atoms with van der Waals surface area (Å²) in [7, 11) is 1.63. The Labute approximate surface area is 139 Å². The van der Waals surface area contributed by atoms with E-state index < -0.39 is 0 Å². The van der Waals surface area contributed by atoms with Crippen LogP contribution in [0, 0.1) is 11.7 Å². The van der Waals surface area contributed by atoms with Crippen LogP contribution in [0.5, 0.6) is 5.75 Å². The van der Waals surface area contributed by atoms with Crippen LogP contribution in [-0.4, -0.2) is 28.2 Å². The molecule has 2 aromatic carbocycles. The maximum atomic E-state index is 5.32. The highest BCUT2D eigenvalue weighted by Crippen LogP contribution is 2.19. The van der Waals surface area contributed by atoms with E-state index in [1.165, 1.54) is 5.56 Å². The summed E-state index contributed by atoms with van der Waals surface area (Å²) in [6, 6.07) is 15.7. The molecule has 0 saturated carbocycles. The van der Waals surface area contributed by atoms with Crippen LogP contribution in [0.3, 0.4) is 0 Å². The van der Waals surface area contributed by atoms with Crippen molar-refractivity contribution in [2.45, 2.75) is 6.92 Å². The number of aromatic nitrogens is 3. The molecule has 0 unspecified atom stereocenters. The van der Waals surface area contributed by atoms with Crippen LogP contribution in [0.2, 0.25) is 0 Å². The first-order valence-electron chi connectivity index (χ1n) is 7.11. The summed E-state index contributed by atoms with van der Waals surface area (Å²) >= 11 is 5.28. The Balaban J connectivity index is 2.01. The second-order valence-electron chi connectivity index (χ2n) is 5.02. The van der Waals surface area contributed by atoms with Crippen molar-refractivity contribution >= 4 is 18.4 Å². The molecule has 0 atom stereocenters. The summed E-state index contributed by atoms with van der Waals surface area (Å²) in [4.78, 5) is 0. The summed E-state index contributed by atoms with van der Waals surface area (Å²) in [5.74, 6) is 1.42. The summed E-state index contributed by atoms with van der Waals surface area (Å²) in [5, 5.41) is 11.5. The predicted molar refractivity (Wildman–Crippen MR) is 93.6 cm³/mol. The van der Waals surface area contributed by atoms with E-state index in [2.05, 4.69) is 15.3 Å². The lowest BCUT2D eigenvalue weighted by atomic mass is 10.1. The number of ether oxygens (including phenoxy) is 1. The molecule has 1 heterocycles. The van der Waals surface area contributed by atoms with Crippen LogP contribution in [0.15, 0.2) is 53.6 Å². The van der Waals surface area contributed by atoms with Crippen LogP contribution in [0.4, 0.5) is 0 Å². The lowest BCUT2D eigenvalue weighted by Gasteiger charge is -2.04. The Hall–Kier alpha value is -2.73. The van der Waals surface area contributed by atoms with Crippen molar-refractivity contribution in [1.29, 1.82) is 0 Å². The van der Waals surface area contributed by atoms with Crippen molar-refractivity contribution in [3.63, 3.8) is 0 Å². The van der Waals surface area contributed by atoms with E-state index in [0.29, 0.717) is 10.6 Å². The van der Waals surface area contributed by atoms with Gasteiger partial charge in [0, 0.05) is 11.1 Å². The number of benzene rings is 2. The van der Waals surface area contributed by atoms with E-state index in [-0.39, 0.29) is 0 Å². The molecule has 5 nitrogen and oxygen atoms in total. The van der Waals surface area contributed by atoms with Crippen LogP contribution in [-0.2, 0) is 0 Å². The molecule has 1 aromatic heterocycles. The van der Waals surface area contributed by atoms with Gasteiger partial charge in [0.1, 0.15) is 5.75 Å². The number of hydrogen-bond donors (Lipinski definition) is 1. The maximum absolute atomic E-state index is 5.32. The third kappa shape index (κ3) is 3.22. The average Bonchev–Trinajstić information content (AvgIpc) is 2.94. The molecular weight excluding hydrogens is 308 g/mol. The van der Waals surface area contributed by atoms with Gasteiger partial charge >= 0.3 is 0 Å². The molecule has 0 spiro atoms. The van der Waals surface area contributed by atoms with Gasteiger partial charge in [-0.15, -0.1) is 0 Å². The molecule has 0 saturated heterocycles. The Bertz CT molecular complexity index is 893. The second-order valence-corrected chi connectivity index (χ2v) is 5.40. The summed E-state index contributed by atoms with van der Waals surface area (Å²) in [6.45, 7) is 2.04. The number of aryl methyl sites for hydroxylation is 1. The zero-order valence-corrected chi connectivity index (χ0v) is 13.7. The number of rotatable bonds is 4.